The minimum absolute atomic E-state index is 0.376. The first-order chi connectivity index (χ1) is 12.6. The highest BCUT2D eigenvalue weighted by Crippen LogP contribution is 2.26. The van der Waals surface area contributed by atoms with Gasteiger partial charge in [0.15, 0.2) is 5.96 Å². The number of carbonyl (C=O) groups is 1. The molecule has 7 heteroatoms. The summed E-state index contributed by atoms with van der Waals surface area (Å²) in [7, 11) is 4.61. The van der Waals surface area contributed by atoms with Gasteiger partial charge in [-0.1, -0.05) is 6.07 Å². The Morgan fingerprint density at radius 2 is 2.00 bits per heavy atom. The van der Waals surface area contributed by atoms with E-state index in [4.69, 9.17) is 14.2 Å². The molecule has 2 N–H and O–H groups in total. The van der Waals surface area contributed by atoms with Crippen molar-refractivity contribution >= 4 is 17.6 Å². The van der Waals surface area contributed by atoms with Crippen LogP contribution in [0.5, 0.6) is 11.5 Å². The van der Waals surface area contributed by atoms with E-state index in [-0.39, 0.29) is 5.97 Å². The average Bonchev–Trinajstić information content (AvgIpc) is 2.70. The molecule has 2 aromatic rings. The van der Waals surface area contributed by atoms with Gasteiger partial charge in [-0.25, -0.2) is 9.79 Å². The maximum atomic E-state index is 11.7. The van der Waals surface area contributed by atoms with Crippen molar-refractivity contribution in [1.82, 2.24) is 10.6 Å². The maximum absolute atomic E-state index is 11.7. The second-order valence-corrected chi connectivity index (χ2v) is 5.68. The molecule has 0 aliphatic carbocycles. The third-order valence-corrected chi connectivity index (χ3v) is 4.13. The molecule has 26 heavy (non-hydrogen) atoms. The van der Waals surface area contributed by atoms with Gasteiger partial charge in [-0.15, -0.1) is 0 Å². The zero-order valence-electron chi connectivity index (χ0n) is 15.0. The van der Waals surface area contributed by atoms with Gasteiger partial charge in [0.25, 0.3) is 0 Å². The van der Waals surface area contributed by atoms with Crippen LogP contribution in [-0.2, 0) is 17.8 Å². The Bertz CT molecular complexity index is 849. The summed E-state index contributed by atoms with van der Waals surface area (Å²) in [5, 5.41) is 6.48. The maximum Gasteiger partial charge on any atom is 0.337 e. The van der Waals surface area contributed by atoms with Crippen molar-refractivity contribution < 1.29 is 19.0 Å². The highest BCUT2D eigenvalue weighted by Gasteiger charge is 2.15. The third-order valence-electron chi connectivity index (χ3n) is 4.13. The number of esters is 1. The number of hydrogen-bond acceptors (Lipinski definition) is 7. The number of benzene rings is 2. The van der Waals surface area contributed by atoms with Gasteiger partial charge in [-0.2, -0.15) is 0 Å². The Morgan fingerprint density at radius 1 is 1.15 bits per heavy atom. The van der Waals surface area contributed by atoms with E-state index >= 15 is 0 Å². The van der Waals surface area contributed by atoms with Gasteiger partial charge in [-0.05, 0) is 29.8 Å². The van der Waals surface area contributed by atoms with Gasteiger partial charge in [0.05, 0.1) is 32.6 Å². The van der Waals surface area contributed by atoms with E-state index in [9.17, 15) is 4.79 Å². The van der Waals surface area contributed by atoms with Gasteiger partial charge in [-0.3, -0.25) is 0 Å². The first-order valence-corrected chi connectivity index (χ1v) is 8.13. The van der Waals surface area contributed by atoms with Gasteiger partial charge < -0.3 is 24.8 Å². The molecule has 1 aliphatic heterocycles. The van der Waals surface area contributed by atoms with E-state index in [2.05, 4.69) is 15.6 Å². The highest BCUT2D eigenvalue weighted by atomic mass is 16.5. The molecular formula is C19H21N3O4. The van der Waals surface area contributed by atoms with E-state index in [1.54, 1.807) is 26.4 Å². The van der Waals surface area contributed by atoms with Gasteiger partial charge in [0.1, 0.15) is 11.5 Å². The summed E-state index contributed by atoms with van der Waals surface area (Å²) < 4.78 is 15.4. The number of nitrogens with one attached hydrogen (secondary N) is 2. The van der Waals surface area contributed by atoms with Crippen molar-refractivity contribution in [3.05, 3.63) is 53.1 Å². The molecular weight excluding hydrogens is 334 g/mol. The minimum Gasteiger partial charge on any atom is -0.497 e. The predicted octanol–water partition coefficient (Wildman–Crippen LogP) is 2.37. The number of aliphatic imine (C=N–C) groups is 1. The molecule has 0 amide bonds. The Morgan fingerprint density at radius 3 is 2.73 bits per heavy atom. The zero-order chi connectivity index (χ0) is 18.5. The van der Waals surface area contributed by atoms with E-state index in [1.165, 1.54) is 7.11 Å². The summed E-state index contributed by atoms with van der Waals surface area (Å²) in [5.41, 5.74) is 3.22. The first kappa shape index (κ1) is 17.6. The van der Waals surface area contributed by atoms with E-state index in [0.29, 0.717) is 24.6 Å². The number of rotatable bonds is 5. The SMILES string of the molecule is COC(=O)c1ccc2c(c1)N=C(NCc1ccc(OC)cc1OC)NC2. The lowest BCUT2D eigenvalue weighted by Crippen LogP contribution is -2.38. The molecule has 0 fully saturated rings. The van der Waals surface area contributed by atoms with Crippen LogP contribution in [0.2, 0.25) is 0 Å². The third kappa shape index (κ3) is 3.72. The van der Waals surface area contributed by atoms with E-state index in [0.717, 1.165) is 28.3 Å². The normalized spacial score (nSPS) is 12.3. The molecule has 0 saturated heterocycles. The molecule has 0 aromatic heterocycles. The Labute approximate surface area is 152 Å². The molecule has 0 spiro atoms. The lowest BCUT2D eigenvalue weighted by atomic mass is 10.1. The molecule has 7 nitrogen and oxygen atoms in total. The fourth-order valence-electron chi connectivity index (χ4n) is 2.68. The van der Waals surface area contributed by atoms with E-state index in [1.807, 2.05) is 24.3 Å². The fraction of sp³-hybridized carbons (Fsp3) is 0.263. The Hall–Kier alpha value is -3.22. The number of carbonyl (C=O) groups excluding carboxylic acids is 1. The van der Waals surface area contributed by atoms with Crippen LogP contribution in [0.1, 0.15) is 21.5 Å². The highest BCUT2D eigenvalue weighted by molar-refractivity contribution is 5.92. The molecule has 1 heterocycles. The van der Waals surface area contributed by atoms with Crippen LogP contribution < -0.4 is 20.1 Å². The van der Waals surface area contributed by atoms with Crippen LogP contribution in [0.3, 0.4) is 0 Å². The Kier molecular flexibility index (Phi) is 5.26. The van der Waals surface area contributed by atoms with Crippen LogP contribution in [0, 0.1) is 0 Å². The van der Waals surface area contributed by atoms with Crippen molar-refractivity contribution in [2.45, 2.75) is 13.1 Å². The molecule has 0 atom stereocenters. The first-order valence-electron chi connectivity index (χ1n) is 8.13. The topological polar surface area (TPSA) is 81.2 Å². The summed E-state index contributed by atoms with van der Waals surface area (Å²) in [4.78, 5) is 16.2. The number of nitrogens with zero attached hydrogens (tertiary/aromatic N) is 1. The number of hydrogen-bond donors (Lipinski definition) is 2. The largest absolute Gasteiger partial charge is 0.497 e. The summed E-state index contributed by atoms with van der Waals surface area (Å²) >= 11 is 0. The van der Waals surface area contributed by atoms with Crippen molar-refractivity contribution in [1.29, 1.82) is 0 Å². The van der Waals surface area contributed by atoms with Gasteiger partial charge >= 0.3 is 5.97 Å². The summed E-state index contributed by atoms with van der Waals surface area (Å²) in [6.45, 7) is 1.16. The standard InChI is InChI=1S/C19H21N3O4/c1-24-15-7-6-14(17(9-15)25-2)11-21-19-20-10-13-5-4-12(18(23)26-3)8-16(13)22-19/h4-9H,10-11H2,1-3H3,(H2,20,21,22). The number of methoxy groups -OCH3 is 3. The van der Waals surface area contributed by atoms with Gasteiger partial charge in [0.2, 0.25) is 0 Å². The monoisotopic (exact) mass is 355 g/mol. The lowest BCUT2D eigenvalue weighted by Gasteiger charge is -2.20. The molecule has 2 aromatic carbocycles. The van der Waals surface area contributed by atoms with Crippen molar-refractivity contribution in [3.8, 4) is 11.5 Å². The second-order valence-electron chi connectivity index (χ2n) is 5.68. The molecule has 0 saturated carbocycles. The fourth-order valence-corrected chi connectivity index (χ4v) is 2.68. The van der Waals surface area contributed by atoms with Crippen molar-refractivity contribution in [3.63, 3.8) is 0 Å². The van der Waals surface area contributed by atoms with Gasteiger partial charge in [0, 0.05) is 24.7 Å². The van der Waals surface area contributed by atoms with Crippen molar-refractivity contribution in [2.24, 2.45) is 4.99 Å². The zero-order valence-corrected chi connectivity index (χ0v) is 15.0. The lowest BCUT2D eigenvalue weighted by molar-refractivity contribution is 0.0600. The predicted molar refractivity (Wildman–Crippen MR) is 98.1 cm³/mol. The number of ether oxygens (including phenoxy) is 3. The molecule has 0 unspecified atom stereocenters. The molecule has 1 aliphatic rings. The molecule has 0 radical (unpaired) electrons. The number of fused-ring (bicyclic) bond motifs is 1. The molecule has 3 rings (SSSR count). The Balaban J connectivity index is 1.76. The average molecular weight is 355 g/mol. The summed E-state index contributed by atoms with van der Waals surface area (Å²) in [6, 6.07) is 11.0. The van der Waals surface area contributed by atoms with Crippen LogP contribution in [0.15, 0.2) is 41.4 Å². The second kappa shape index (κ2) is 7.77. The van der Waals surface area contributed by atoms with Crippen molar-refractivity contribution in [2.75, 3.05) is 21.3 Å². The van der Waals surface area contributed by atoms with Crippen LogP contribution >= 0.6 is 0 Å². The molecule has 0 bridgehead atoms. The molecule has 136 valence electrons. The number of guanidine groups is 1. The summed E-state index contributed by atoms with van der Waals surface area (Å²) in [6.07, 6.45) is 0. The van der Waals surface area contributed by atoms with Crippen LogP contribution in [0.4, 0.5) is 5.69 Å². The quantitative estimate of drug-likeness (QED) is 0.802. The van der Waals surface area contributed by atoms with Crippen LogP contribution in [0.25, 0.3) is 0 Å². The minimum atomic E-state index is -0.376. The van der Waals surface area contributed by atoms with E-state index < -0.39 is 0 Å². The summed E-state index contributed by atoms with van der Waals surface area (Å²) in [5.74, 6) is 1.74. The smallest absolute Gasteiger partial charge is 0.337 e. The van der Waals surface area contributed by atoms with Crippen LogP contribution in [-0.4, -0.2) is 33.3 Å².